The molecule has 19 heavy (non-hydrogen) atoms. The molecule has 0 radical (unpaired) electrons. The fourth-order valence-electron chi connectivity index (χ4n) is 2.48. The second-order valence-corrected chi connectivity index (χ2v) is 6.17. The number of carbonyl (C=O) groups excluding carboxylic acids is 1. The normalized spacial score (nSPS) is 13.1. The molecule has 0 saturated heterocycles. The zero-order chi connectivity index (χ0) is 14.7. The number of unbranched alkanes of at least 4 members (excludes halogenated alkanes) is 1. The largest absolute Gasteiger partial charge is 0.450 e. The lowest BCUT2D eigenvalue weighted by Gasteiger charge is -2.27. The molecule has 1 atom stereocenters. The van der Waals surface area contributed by atoms with Gasteiger partial charge in [0.2, 0.25) is 0 Å². The number of hydrogen-bond acceptors (Lipinski definition) is 3. The van der Waals surface area contributed by atoms with Crippen LogP contribution in [0.15, 0.2) is 0 Å². The first-order valence-electron chi connectivity index (χ1n) is 7.42. The molecule has 0 aliphatic heterocycles. The van der Waals surface area contributed by atoms with Gasteiger partial charge in [-0.25, -0.2) is 4.79 Å². The van der Waals surface area contributed by atoms with Gasteiger partial charge < -0.3 is 15.2 Å². The molecule has 4 heteroatoms. The van der Waals surface area contributed by atoms with E-state index in [9.17, 15) is 4.79 Å². The predicted molar refractivity (Wildman–Crippen MR) is 78.1 cm³/mol. The van der Waals surface area contributed by atoms with E-state index in [4.69, 9.17) is 9.84 Å². The number of amides is 1. The molecule has 114 valence electrons. The van der Waals surface area contributed by atoms with Gasteiger partial charge in [0.25, 0.3) is 0 Å². The van der Waals surface area contributed by atoms with E-state index in [0.717, 1.165) is 6.42 Å². The highest BCUT2D eigenvalue weighted by molar-refractivity contribution is 5.67. The van der Waals surface area contributed by atoms with E-state index in [0.29, 0.717) is 37.3 Å². The van der Waals surface area contributed by atoms with E-state index in [-0.39, 0.29) is 12.7 Å². The van der Waals surface area contributed by atoms with Crippen LogP contribution in [0.4, 0.5) is 4.79 Å². The lowest BCUT2D eigenvalue weighted by atomic mass is 9.80. The molecular weight excluding hydrogens is 242 g/mol. The van der Waals surface area contributed by atoms with Crippen LogP contribution in [0.25, 0.3) is 0 Å². The van der Waals surface area contributed by atoms with Gasteiger partial charge in [-0.15, -0.1) is 0 Å². The van der Waals surface area contributed by atoms with Crippen molar-refractivity contribution in [2.45, 2.75) is 59.8 Å². The van der Waals surface area contributed by atoms with Gasteiger partial charge in [-0.3, -0.25) is 0 Å². The highest BCUT2D eigenvalue weighted by Gasteiger charge is 2.20. The summed E-state index contributed by atoms with van der Waals surface area (Å²) in [4.78, 5) is 11.4. The van der Waals surface area contributed by atoms with Gasteiger partial charge >= 0.3 is 6.09 Å². The highest BCUT2D eigenvalue weighted by atomic mass is 16.5. The SMILES string of the molecule is CCCC(C)(C)CC(C)CNC(=O)OCCCCO. The number of rotatable bonds is 10. The summed E-state index contributed by atoms with van der Waals surface area (Å²) in [5, 5.41) is 11.4. The summed E-state index contributed by atoms with van der Waals surface area (Å²) in [6.07, 6.45) is 4.55. The average Bonchev–Trinajstić information content (AvgIpc) is 2.31. The maximum Gasteiger partial charge on any atom is 0.407 e. The molecule has 1 unspecified atom stereocenters. The van der Waals surface area contributed by atoms with Crippen molar-refractivity contribution < 1.29 is 14.6 Å². The number of ether oxygens (including phenoxy) is 1. The van der Waals surface area contributed by atoms with E-state index < -0.39 is 0 Å². The summed E-state index contributed by atoms with van der Waals surface area (Å²) < 4.78 is 5.01. The molecule has 0 aliphatic rings. The molecule has 0 heterocycles. The van der Waals surface area contributed by atoms with Crippen LogP contribution >= 0.6 is 0 Å². The van der Waals surface area contributed by atoms with E-state index in [2.05, 4.69) is 33.0 Å². The molecule has 0 rings (SSSR count). The summed E-state index contributed by atoms with van der Waals surface area (Å²) in [6, 6.07) is 0. The van der Waals surface area contributed by atoms with Crippen molar-refractivity contribution in [1.29, 1.82) is 0 Å². The highest BCUT2D eigenvalue weighted by Crippen LogP contribution is 2.30. The van der Waals surface area contributed by atoms with Crippen LogP contribution in [0.5, 0.6) is 0 Å². The third-order valence-corrected chi connectivity index (χ3v) is 3.21. The van der Waals surface area contributed by atoms with Gasteiger partial charge in [-0.1, -0.05) is 34.1 Å². The van der Waals surface area contributed by atoms with E-state index in [1.807, 2.05) is 0 Å². The lowest BCUT2D eigenvalue weighted by molar-refractivity contribution is 0.138. The van der Waals surface area contributed by atoms with Gasteiger partial charge in [0.1, 0.15) is 0 Å². The molecule has 0 spiro atoms. The van der Waals surface area contributed by atoms with Gasteiger partial charge in [-0.05, 0) is 37.0 Å². The van der Waals surface area contributed by atoms with Crippen molar-refractivity contribution in [2.24, 2.45) is 11.3 Å². The Morgan fingerprint density at radius 2 is 2.05 bits per heavy atom. The molecule has 0 aromatic carbocycles. The van der Waals surface area contributed by atoms with Crippen molar-refractivity contribution in [1.82, 2.24) is 5.32 Å². The van der Waals surface area contributed by atoms with Gasteiger partial charge in [0.05, 0.1) is 6.61 Å². The quantitative estimate of drug-likeness (QED) is 0.600. The summed E-state index contributed by atoms with van der Waals surface area (Å²) in [7, 11) is 0. The van der Waals surface area contributed by atoms with Crippen molar-refractivity contribution >= 4 is 6.09 Å². The summed E-state index contributed by atoms with van der Waals surface area (Å²) >= 11 is 0. The summed E-state index contributed by atoms with van der Waals surface area (Å²) in [6.45, 7) is 10.1. The molecule has 1 amide bonds. The fraction of sp³-hybridized carbons (Fsp3) is 0.933. The molecule has 4 nitrogen and oxygen atoms in total. The molecule has 0 aromatic rings. The van der Waals surface area contributed by atoms with E-state index in [1.165, 1.54) is 12.8 Å². The second kappa shape index (κ2) is 10.1. The van der Waals surface area contributed by atoms with Crippen LogP contribution in [0, 0.1) is 11.3 Å². The number of carbonyl (C=O) groups is 1. The number of alkyl carbamates (subject to hydrolysis) is 1. The van der Waals surface area contributed by atoms with Crippen LogP contribution in [0.3, 0.4) is 0 Å². The Kier molecular flexibility index (Phi) is 9.66. The lowest BCUT2D eigenvalue weighted by Crippen LogP contribution is -2.31. The topological polar surface area (TPSA) is 58.6 Å². The average molecular weight is 273 g/mol. The van der Waals surface area contributed by atoms with Gasteiger partial charge in [0.15, 0.2) is 0 Å². The van der Waals surface area contributed by atoms with Crippen molar-refractivity contribution in [3.8, 4) is 0 Å². The Morgan fingerprint density at radius 3 is 2.63 bits per heavy atom. The maximum atomic E-state index is 11.4. The smallest absolute Gasteiger partial charge is 0.407 e. The molecular formula is C15H31NO3. The van der Waals surface area contributed by atoms with Crippen molar-refractivity contribution in [3.05, 3.63) is 0 Å². The van der Waals surface area contributed by atoms with Crippen LogP contribution in [-0.4, -0.2) is 31.0 Å². The minimum absolute atomic E-state index is 0.147. The van der Waals surface area contributed by atoms with Crippen LogP contribution in [0.2, 0.25) is 0 Å². The van der Waals surface area contributed by atoms with Crippen LogP contribution in [-0.2, 0) is 4.74 Å². The Labute approximate surface area is 117 Å². The van der Waals surface area contributed by atoms with Gasteiger partial charge in [0, 0.05) is 13.2 Å². The second-order valence-electron chi connectivity index (χ2n) is 6.17. The first-order valence-corrected chi connectivity index (χ1v) is 7.42. The molecule has 2 N–H and O–H groups in total. The molecule has 0 aromatic heterocycles. The number of hydrogen-bond donors (Lipinski definition) is 2. The first kappa shape index (κ1) is 18.2. The zero-order valence-corrected chi connectivity index (χ0v) is 13.0. The van der Waals surface area contributed by atoms with E-state index in [1.54, 1.807) is 0 Å². The monoisotopic (exact) mass is 273 g/mol. The minimum Gasteiger partial charge on any atom is -0.450 e. The number of aliphatic hydroxyl groups is 1. The third-order valence-electron chi connectivity index (χ3n) is 3.21. The Balaban J connectivity index is 3.71. The fourth-order valence-corrected chi connectivity index (χ4v) is 2.48. The first-order chi connectivity index (χ1) is 8.91. The molecule has 0 aliphatic carbocycles. The predicted octanol–water partition coefficient (Wildman–Crippen LogP) is 3.34. The van der Waals surface area contributed by atoms with Crippen molar-refractivity contribution in [3.63, 3.8) is 0 Å². The molecule has 0 fully saturated rings. The van der Waals surface area contributed by atoms with Crippen LogP contribution in [0.1, 0.15) is 59.8 Å². The zero-order valence-electron chi connectivity index (χ0n) is 13.0. The third kappa shape index (κ3) is 10.8. The number of nitrogens with one attached hydrogen (secondary N) is 1. The standard InChI is InChI=1S/C15H31NO3/c1-5-8-15(3,4)11-13(2)12-16-14(18)19-10-7-6-9-17/h13,17H,5-12H2,1-4H3,(H,16,18). The Bertz CT molecular complexity index is 242. The minimum atomic E-state index is -0.349. The maximum absolute atomic E-state index is 11.4. The van der Waals surface area contributed by atoms with Gasteiger partial charge in [-0.2, -0.15) is 0 Å². The van der Waals surface area contributed by atoms with E-state index >= 15 is 0 Å². The summed E-state index contributed by atoms with van der Waals surface area (Å²) in [5.41, 5.74) is 0.334. The van der Waals surface area contributed by atoms with Crippen LogP contribution < -0.4 is 5.32 Å². The summed E-state index contributed by atoms with van der Waals surface area (Å²) in [5.74, 6) is 0.451. The van der Waals surface area contributed by atoms with Crippen molar-refractivity contribution in [2.75, 3.05) is 19.8 Å². The number of aliphatic hydroxyl groups excluding tert-OH is 1. The molecule has 0 saturated carbocycles. The Morgan fingerprint density at radius 1 is 1.37 bits per heavy atom. The Hall–Kier alpha value is -0.770. The molecule has 0 bridgehead atoms.